The van der Waals surface area contributed by atoms with Crippen molar-refractivity contribution in [3.63, 3.8) is 0 Å². The Kier molecular flexibility index (Phi) is 2.88. The van der Waals surface area contributed by atoms with Gasteiger partial charge in [-0.2, -0.15) is 0 Å². The Morgan fingerprint density at radius 3 is 2.50 bits per heavy atom. The average molecular weight is 233 g/mol. The van der Waals surface area contributed by atoms with Crippen LogP contribution in [0, 0.1) is 0 Å². The van der Waals surface area contributed by atoms with E-state index in [2.05, 4.69) is 4.98 Å². The molecule has 0 aliphatic rings. The van der Waals surface area contributed by atoms with Crippen LogP contribution in [0.1, 0.15) is 15.9 Å². The molecule has 0 unspecified atom stereocenters. The van der Waals surface area contributed by atoms with E-state index in [4.69, 9.17) is 17.3 Å². The van der Waals surface area contributed by atoms with E-state index in [0.717, 1.165) is 0 Å². The lowest BCUT2D eigenvalue weighted by Crippen LogP contribution is -2.07. The number of benzene rings is 1. The molecule has 1 heterocycles. The van der Waals surface area contributed by atoms with Crippen LogP contribution in [-0.2, 0) is 0 Å². The molecule has 0 spiro atoms. The first kappa shape index (κ1) is 10.6. The van der Waals surface area contributed by atoms with Gasteiger partial charge in [-0.1, -0.05) is 23.7 Å². The number of nitrogens with two attached hydrogens (primary N) is 1. The van der Waals surface area contributed by atoms with Crippen LogP contribution in [0.25, 0.3) is 0 Å². The zero-order valence-corrected chi connectivity index (χ0v) is 9.11. The smallest absolute Gasteiger partial charge is 0.198 e. The number of nitrogen functional groups attached to an aromatic ring is 1. The van der Waals surface area contributed by atoms with Crippen molar-refractivity contribution in [1.29, 1.82) is 0 Å². The Bertz CT molecular complexity index is 493. The normalized spacial score (nSPS) is 10.1. The molecule has 0 radical (unpaired) electrons. The SMILES string of the molecule is Nc1ncccc1C(=O)c1ccccc1Cl. The number of nitrogens with zero attached hydrogens (tertiary/aromatic N) is 1. The summed E-state index contributed by atoms with van der Waals surface area (Å²) in [6.45, 7) is 0. The lowest BCUT2D eigenvalue weighted by molar-refractivity contribution is 0.103. The monoisotopic (exact) mass is 232 g/mol. The molecule has 0 saturated carbocycles. The molecule has 0 saturated heterocycles. The van der Waals surface area contributed by atoms with E-state index in [0.29, 0.717) is 16.1 Å². The van der Waals surface area contributed by atoms with E-state index in [1.807, 2.05) is 0 Å². The van der Waals surface area contributed by atoms with Gasteiger partial charge < -0.3 is 5.73 Å². The lowest BCUT2D eigenvalue weighted by atomic mass is 10.0. The molecular formula is C12H9ClN2O. The summed E-state index contributed by atoms with van der Waals surface area (Å²) in [5, 5.41) is 0.413. The molecule has 2 N–H and O–H groups in total. The minimum Gasteiger partial charge on any atom is -0.383 e. The second-order valence-corrected chi connectivity index (χ2v) is 3.65. The maximum absolute atomic E-state index is 12.1. The molecule has 3 nitrogen and oxygen atoms in total. The number of ketones is 1. The third-order valence-electron chi connectivity index (χ3n) is 2.20. The van der Waals surface area contributed by atoms with Crippen LogP contribution in [0.4, 0.5) is 5.82 Å². The first-order valence-corrected chi connectivity index (χ1v) is 5.07. The van der Waals surface area contributed by atoms with Gasteiger partial charge >= 0.3 is 0 Å². The van der Waals surface area contributed by atoms with Crippen molar-refractivity contribution in [2.75, 3.05) is 5.73 Å². The van der Waals surface area contributed by atoms with Crippen molar-refractivity contribution in [3.05, 3.63) is 58.7 Å². The Balaban J connectivity index is 2.48. The van der Waals surface area contributed by atoms with Gasteiger partial charge in [-0.15, -0.1) is 0 Å². The molecule has 0 bridgehead atoms. The molecule has 80 valence electrons. The van der Waals surface area contributed by atoms with Crippen LogP contribution in [0.15, 0.2) is 42.6 Å². The average Bonchev–Trinajstić information content (AvgIpc) is 2.29. The number of carbonyl (C=O) groups excluding carboxylic acids is 1. The van der Waals surface area contributed by atoms with Gasteiger partial charge in [0.2, 0.25) is 0 Å². The van der Waals surface area contributed by atoms with E-state index >= 15 is 0 Å². The molecule has 1 aromatic heterocycles. The number of halogens is 1. The molecule has 2 aromatic rings. The predicted molar refractivity (Wildman–Crippen MR) is 63.5 cm³/mol. The van der Waals surface area contributed by atoms with E-state index < -0.39 is 0 Å². The maximum Gasteiger partial charge on any atom is 0.198 e. The van der Waals surface area contributed by atoms with E-state index in [9.17, 15) is 4.79 Å². The van der Waals surface area contributed by atoms with Crippen LogP contribution in [-0.4, -0.2) is 10.8 Å². The summed E-state index contributed by atoms with van der Waals surface area (Å²) in [5.74, 6) is 0.00335. The summed E-state index contributed by atoms with van der Waals surface area (Å²) in [6.07, 6.45) is 1.54. The van der Waals surface area contributed by atoms with Gasteiger partial charge in [-0.05, 0) is 24.3 Å². The van der Waals surface area contributed by atoms with Crippen molar-refractivity contribution >= 4 is 23.2 Å². The van der Waals surface area contributed by atoms with E-state index in [1.165, 1.54) is 0 Å². The van der Waals surface area contributed by atoms with Crippen LogP contribution in [0.3, 0.4) is 0 Å². The molecule has 0 aliphatic carbocycles. The molecule has 0 aliphatic heterocycles. The van der Waals surface area contributed by atoms with Crippen molar-refractivity contribution in [3.8, 4) is 0 Å². The first-order chi connectivity index (χ1) is 7.70. The summed E-state index contributed by atoms with van der Waals surface area (Å²) in [4.78, 5) is 16.0. The third kappa shape index (κ3) is 1.90. The molecule has 0 fully saturated rings. The van der Waals surface area contributed by atoms with Gasteiger partial charge in [0, 0.05) is 11.8 Å². The van der Waals surface area contributed by atoms with Crippen molar-refractivity contribution in [1.82, 2.24) is 4.98 Å². The Hall–Kier alpha value is -1.87. The van der Waals surface area contributed by atoms with Crippen molar-refractivity contribution in [2.45, 2.75) is 0 Å². The molecular weight excluding hydrogens is 224 g/mol. The number of hydrogen-bond acceptors (Lipinski definition) is 3. The van der Waals surface area contributed by atoms with Crippen LogP contribution in [0.5, 0.6) is 0 Å². The lowest BCUT2D eigenvalue weighted by Gasteiger charge is -2.04. The number of anilines is 1. The number of carbonyl (C=O) groups is 1. The summed E-state index contributed by atoms with van der Waals surface area (Å²) in [7, 11) is 0. The fraction of sp³-hybridized carbons (Fsp3) is 0. The van der Waals surface area contributed by atoms with Gasteiger partial charge in [-0.25, -0.2) is 4.98 Å². The highest BCUT2D eigenvalue weighted by atomic mass is 35.5. The number of pyridine rings is 1. The van der Waals surface area contributed by atoms with E-state index in [-0.39, 0.29) is 11.6 Å². The third-order valence-corrected chi connectivity index (χ3v) is 2.53. The summed E-state index contributed by atoms with van der Waals surface area (Å²) < 4.78 is 0. The number of aromatic nitrogens is 1. The second kappa shape index (κ2) is 4.33. The van der Waals surface area contributed by atoms with Gasteiger partial charge in [0.05, 0.1) is 10.6 Å². The predicted octanol–water partition coefficient (Wildman–Crippen LogP) is 2.55. The van der Waals surface area contributed by atoms with Gasteiger partial charge in [-0.3, -0.25) is 4.79 Å². The topological polar surface area (TPSA) is 56.0 Å². The number of rotatable bonds is 2. The Morgan fingerprint density at radius 2 is 1.81 bits per heavy atom. The second-order valence-electron chi connectivity index (χ2n) is 3.25. The highest BCUT2D eigenvalue weighted by molar-refractivity contribution is 6.35. The van der Waals surface area contributed by atoms with Crippen LogP contribution in [0.2, 0.25) is 5.02 Å². The van der Waals surface area contributed by atoms with Crippen molar-refractivity contribution < 1.29 is 4.79 Å². The molecule has 16 heavy (non-hydrogen) atoms. The van der Waals surface area contributed by atoms with Gasteiger partial charge in [0.1, 0.15) is 5.82 Å². The molecule has 2 rings (SSSR count). The standard InChI is InChI=1S/C12H9ClN2O/c13-10-6-2-1-4-8(10)11(16)9-5-3-7-15-12(9)14/h1-7H,(H2,14,15). The fourth-order valence-corrected chi connectivity index (χ4v) is 1.62. The van der Waals surface area contributed by atoms with Gasteiger partial charge in [0.25, 0.3) is 0 Å². The Labute approximate surface area is 97.9 Å². The zero-order valence-electron chi connectivity index (χ0n) is 8.35. The highest BCUT2D eigenvalue weighted by Gasteiger charge is 2.14. The van der Waals surface area contributed by atoms with Crippen molar-refractivity contribution in [2.24, 2.45) is 0 Å². The molecule has 0 atom stereocenters. The summed E-state index contributed by atoms with van der Waals surface area (Å²) in [5.41, 5.74) is 6.44. The van der Waals surface area contributed by atoms with E-state index in [1.54, 1.807) is 42.6 Å². The largest absolute Gasteiger partial charge is 0.383 e. The maximum atomic E-state index is 12.1. The minimum atomic E-state index is -0.212. The quantitative estimate of drug-likeness (QED) is 0.810. The van der Waals surface area contributed by atoms with Crippen LogP contribution < -0.4 is 5.73 Å². The fourth-order valence-electron chi connectivity index (χ4n) is 1.40. The summed E-state index contributed by atoms with van der Waals surface area (Å²) in [6, 6.07) is 10.2. The Morgan fingerprint density at radius 1 is 1.12 bits per heavy atom. The van der Waals surface area contributed by atoms with Crippen LogP contribution >= 0.6 is 11.6 Å². The minimum absolute atomic E-state index is 0.212. The molecule has 4 heteroatoms. The van der Waals surface area contributed by atoms with Gasteiger partial charge in [0.15, 0.2) is 5.78 Å². The molecule has 1 aromatic carbocycles. The summed E-state index contributed by atoms with van der Waals surface area (Å²) >= 11 is 5.94. The highest BCUT2D eigenvalue weighted by Crippen LogP contribution is 2.20. The number of hydrogen-bond donors (Lipinski definition) is 1. The zero-order chi connectivity index (χ0) is 11.5. The molecule has 0 amide bonds. The first-order valence-electron chi connectivity index (χ1n) is 4.70.